The molecule has 3 rings (SSSR count). The van der Waals surface area contributed by atoms with E-state index < -0.39 is 28.5 Å². The minimum atomic E-state index is -4.12. The van der Waals surface area contributed by atoms with Gasteiger partial charge in [-0.1, -0.05) is 60.5 Å². The molecule has 208 valence electrons. The second-order valence-corrected chi connectivity index (χ2v) is 11.9. The predicted octanol–water partition coefficient (Wildman–Crippen LogP) is 5.75. The number of sulfonamides is 1. The SMILES string of the molecule is CCNC(=O)[C@@H](CC)N(Cc1ccc(Cl)c(Cl)c1)C(=O)CN(c1cc(C)cc(C)c1)S(=O)(=O)c1ccccc1. The third kappa shape index (κ3) is 7.53. The molecule has 0 saturated heterocycles. The first kappa shape index (κ1) is 30.5. The molecule has 7 nitrogen and oxygen atoms in total. The van der Waals surface area contributed by atoms with E-state index in [0.29, 0.717) is 34.3 Å². The molecule has 0 radical (unpaired) electrons. The summed E-state index contributed by atoms with van der Waals surface area (Å²) in [6, 6.07) is 17.5. The third-order valence-corrected chi connectivity index (χ3v) is 8.71. The Hall–Kier alpha value is -3.07. The highest BCUT2D eigenvalue weighted by Crippen LogP contribution is 2.28. The molecule has 0 unspecified atom stereocenters. The molecule has 0 saturated carbocycles. The molecule has 0 spiro atoms. The van der Waals surface area contributed by atoms with Crippen LogP contribution in [0.25, 0.3) is 0 Å². The lowest BCUT2D eigenvalue weighted by Crippen LogP contribution is -2.52. The summed E-state index contributed by atoms with van der Waals surface area (Å²) in [6.45, 7) is 7.26. The number of carbonyl (C=O) groups is 2. The van der Waals surface area contributed by atoms with Crippen LogP contribution in [0.1, 0.15) is 37.0 Å². The number of halogens is 2. The van der Waals surface area contributed by atoms with E-state index in [0.717, 1.165) is 15.4 Å². The van der Waals surface area contributed by atoms with Crippen molar-refractivity contribution in [2.45, 2.75) is 51.6 Å². The van der Waals surface area contributed by atoms with Crippen molar-refractivity contribution < 1.29 is 18.0 Å². The first-order chi connectivity index (χ1) is 18.5. The zero-order valence-corrected chi connectivity index (χ0v) is 24.8. The summed E-state index contributed by atoms with van der Waals surface area (Å²) >= 11 is 12.3. The fourth-order valence-electron chi connectivity index (χ4n) is 4.39. The summed E-state index contributed by atoms with van der Waals surface area (Å²) in [7, 11) is -4.12. The van der Waals surface area contributed by atoms with Gasteiger partial charge < -0.3 is 10.2 Å². The van der Waals surface area contributed by atoms with E-state index in [-0.39, 0.29) is 17.3 Å². The van der Waals surface area contributed by atoms with E-state index >= 15 is 0 Å². The van der Waals surface area contributed by atoms with Crippen molar-refractivity contribution in [3.05, 3.63) is 93.5 Å². The molecular formula is C29H33Cl2N3O4S. The zero-order chi connectivity index (χ0) is 28.7. The van der Waals surface area contributed by atoms with Crippen LogP contribution in [0.3, 0.4) is 0 Å². The monoisotopic (exact) mass is 589 g/mol. The fourth-order valence-corrected chi connectivity index (χ4v) is 6.13. The number of benzene rings is 3. The molecule has 1 N–H and O–H groups in total. The molecule has 10 heteroatoms. The molecule has 0 bridgehead atoms. The number of amides is 2. The van der Waals surface area contributed by atoms with Gasteiger partial charge in [-0.3, -0.25) is 13.9 Å². The molecule has 3 aromatic rings. The van der Waals surface area contributed by atoms with Crippen molar-refractivity contribution in [2.24, 2.45) is 0 Å². The maximum absolute atomic E-state index is 14.0. The summed E-state index contributed by atoms with van der Waals surface area (Å²) in [5.74, 6) is -0.852. The highest BCUT2D eigenvalue weighted by Gasteiger charge is 2.33. The molecule has 0 fully saturated rings. The Morgan fingerprint density at radius 1 is 0.897 bits per heavy atom. The molecule has 0 aliphatic heterocycles. The average Bonchev–Trinajstić information content (AvgIpc) is 2.89. The lowest BCUT2D eigenvalue weighted by molar-refractivity contribution is -0.140. The molecule has 39 heavy (non-hydrogen) atoms. The number of nitrogens with zero attached hydrogens (tertiary/aromatic N) is 2. The van der Waals surface area contributed by atoms with E-state index in [1.807, 2.05) is 19.9 Å². The molecule has 3 aromatic carbocycles. The standard InChI is InChI=1S/C29H33Cl2N3O4S/c1-5-27(29(36)32-6-2)33(18-22-12-13-25(30)26(31)17-22)28(35)19-34(23-15-20(3)14-21(4)16-23)39(37,38)24-10-8-7-9-11-24/h7-17,27H,5-6,18-19H2,1-4H3,(H,32,36)/t27-/m1/s1. The van der Waals surface area contributed by atoms with E-state index in [1.165, 1.54) is 17.0 Å². The topological polar surface area (TPSA) is 86.8 Å². The summed E-state index contributed by atoms with van der Waals surface area (Å²) in [4.78, 5) is 28.5. The number of rotatable bonds is 11. The Morgan fingerprint density at radius 2 is 1.54 bits per heavy atom. The van der Waals surface area contributed by atoms with Crippen LogP contribution in [0.5, 0.6) is 0 Å². The van der Waals surface area contributed by atoms with Gasteiger partial charge in [0.2, 0.25) is 11.8 Å². The second-order valence-electron chi connectivity index (χ2n) is 9.26. The number of hydrogen-bond acceptors (Lipinski definition) is 4. The molecule has 0 aliphatic rings. The lowest BCUT2D eigenvalue weighted by atomic mass is 10.1. The smallest absolute Gasteiger partial charge is 0.264 e. The maximum atomic E-state index is 14.0. The van der Waals surface area contributed by atoms with Crippen molar-refractivity contribution in [2.75, 3.05) is 17.4 Å². The second kappa shape index (κ2) is 13.3. The van der Waals surface area contributed by atoms with Crippen LogP contribution in [-0.4, -0.2) is 44.3 Å². The van der Waals surface area contributed by atoms with Crippen LogP contribution in [0, 0.1) is 13.8 Å². The highest BCUT2D eigenvalue weighted by atomic mass is 35.5. The molecule has 0 aliphatic carbocycles. The lowest BCUT2D eigenvalue weighted by Gasteiger charge is -2.33. The zero-order valence-electron chi connectivity index (χ0n) is 22.4. The number of anilines is 1. The minimum absolute atomic E-state index is 0.0391. The maximum Gasteiger partial charge on any atom is 0.264 e. The number of nitrogens with one attached hydrogen (secondary N) is 1. The van der Waals surface area contributed by atoms with Crippen LogP contribution < -0.4 is 9.62 Å². The average molecular weight is 591 g/mol. The normalized spacial score (nSPS) is 12.1. The van der Waals surface area contributed by atoms with E-state index in [9.17, 15) is 18.0 Å². The highest BCUT2D eigenvalue weighted by molar-refractivity contribution is 7.92. The predicted molar refractivity (Wildman–Crippen MR) is 157 cm³/mol. The van der Waals surface area contributed by atoms with Crippen molar-refractivity contribution in [1.82, 2.24) is 10.2 Å². The number of likely N-dealkylation sites (N-methyl/N-ethyl adjacent to an activating group) is 1. The van der Waals surface area contributed by atoms with E-state index in [2.05, 4.69) is 5.32 Å². The van der Waals surface area contributed by atoms with Crippen LogP contribution in [0.15, 0.2) is 71.6 Å². The van der Waals surface area contributed by atoms with Gasteiger partial charge in [0.1, 0.15) is 12.6 Å². The van der Waals surface area contributed by atoms with Gasteiger partial charge in [0, 0.05) is 13.1 Å². The Morgan fingerprint density at radius 3 is 2.10 bits per heavy atom. The van der Waals surface area contributed by atoms with Gasteiger partial charge in [0.05, 0.1) is 20.6 Å². The Balaban J connectivity index is 2.09. The third-order valence-electron chi connectivity index (χ3n) is 6.18. The summed E-state index contributed by atoms with van der Waals surface area (Å²) < 4.78 is 28.9. The fraction of sp³-hybridized carbons (Fsp3) is 0.310. The van der Waals surface area contributed by atoms with Crippen LogP contribution in [0.2, 0.25) is 10.0 Å². The molecular weight excluding hydrogens is 557 g/mol. The minimum Gasteiger partial charge on any atom is -0.355 e. The summed E-state index contributed by atoms with van der Waals surface area (Å²) in [5.41, 5.74) is 2.73. The van der Waals surface area contributed by atoms with Crippen LogP contribution in [-0.2, 0) is 26.2 Å². The van der Waals surface area contributed by atoms with E-state index in [1.54, 1.807) is 62.4 Å². The van der Waals surface area contributed by atoms with Crippen molar-refractivity contribution in [3.63, 3.8) is 0 Å². The quantitative estimate of drug-likeness (QED) is 0.308. The summed E-state index contributed by atoms with van der Waals surface area (Å²) in [6.07, 6.45) is 0.327. The Bertz CT molecular complexity index is 1410. The molecule has 0 heterocycles. The van der Waals surface area contributed by atoms with Gasteiger partial charge in [-0.05, 0) is 80.3 Å². The van der Waals surface area contributed by atoms with Gasteiger partial charge in [0.15, 0.2) is 0 Å². The first-order valence-corrected chi connectivity index (χ1v) is 14.8. The Kier molecular flexibility index (Phi) is 10.4. The van der Waals surface area contributed by atoms with E-state index in [4.69, 9.17) is 23.2 Å². The number of carbonyl (C=O) groups excluding carboxylic acids is 2. The first-order valence-electron chi connectivity index (χ1n) is 12.6. The van der Waals surface area contributed by atoms with Crippen LogP contribution >= 0.6 is 23.2 Å². The van der Waals surface area contributed by atoms with Gasteiger partial charge >= 0.3 is 0 Å². The summed E-state index contributed by atoms with van der Waals surface area (Å²) in [5, 5.41) is 3.46. The number of aryl methyl sites for hydroxylation is 2. The van der Waals surface area contributed by atoms with Crippen molar-refractivity contribution in [3.8, 4) is 0 Å². The number of hydrogen-bond donors (Lipinski definition) is 1. The van der Waals surface area contributed by atoms with Crippen molar-refractivity contribution >= 4 is 50.7 Å². The Labute approximate surface area is 240 Å². The molecule has 0 aromatic heterocycles. The largest absolute Gasteiger partial charge is 0.355 e. The van der Waals surface area contributed by atoms with Gasteiger partial charge in [0.25, 0.3) is 10.0 Å². The van der Waals surface area contributed by atoms with Crippen molar-refractivity contribution in [1.29, 1.82) is 0 Å². The molecule has 2 amide bonds. The van der Waals surface area contributed by atoms with Gasteiger partial charge in [-0.2, -0.15) is 0 Å². The van der Waals surface area contributed by atoms with Gasteiger partial charge in [-0.25, -0.2) is 8.42 Å². The van der Waals surface area contributed by atoms with Gasteiger partial charge in [-0.15, -0.1) is 0 Å². The molecule has 1 atom stereocenters. The van der Waals surface area contributed by atoms with Crippen LogP contribution in [0.4, 0.5) is 5.69 Å².